The summed E-state index contributed by atoms with van der Waals surface area (Å²) in [7, 11) is 0. The third-order valence-corrected chi connectivity index (χ3v) is 3.01. The summed E-state index contributed by atoms with van der Waals surface area (Å²) in [6.07, 6.45) is 2.21. The fraction of sp³-hybridized carbons (Fsp3) is 0.500. The van der Waals surface area contributed by atoms with Crippen molar-refractivity contribution >= 4 is 5.91 Å². The van der Waals surface area contributed by atoms with E-state index in [1.807, 2.05) is 30.3 Å². The van der Waals surface area contributed by atoms with Crippen LogP contribution in [0.5, 0.6) is 0 Å². The Labute approximate surface area is 108 Å². The number of aryl methyl sites for hydroxylation is 1. The molecule has 18 heavy (non-hydrogen) atoms. The van der Waals surface area contributed by atoms with Crippen LogP contribution in [-0.4, -0.2) is 34.9 Å². The van der Waals surface area contributed by atoms with Crippen LogP contribution < -0.4 is 5.32 Å². The lowest BCUT2D eigenvalue weighted by atomic mass is 9.93. The minimum Gasteiger partial charge on any atom is -0.394 e. The summed E-state index contributed by atoms with van der Waals surface area (Å²) in [5, 5.41) is 21.3. The van der Waals surface area contributed by atoms with E-state index in [9.17, 15) is 15.0 Å². The van der Waals surface area contributed by atoms with Crippen molar-refractivity contribution in [1.82, 2.24) is 5.32 Å². The van der Waals surface area contributed by atoms with Crippen LogP contribution >= 0.6 is 0 Å². The largest absolute Gasteiger partial charge is 0.394 e. The van der Waals surface area contributed by atoms with Gasteiger partial charge in [0.15, 0.2) is 0 Å². The summed E-state index contributed by atoms with van der Waals surface area (Å²) < 4.78 is 0. The molecule has 1 rings (SSSR count). The molecule has 1 aromatic rings. The van der Waals surface area contributed by atoms with E-state index in [4.69, 9.17) is 0 Å². The first-order valence-electron chi connectivity index (χ1n) is 6.16. The summed E-state index contributed by atoms with van der Waals surface area (Å²) in [5.74, 6) is -0.238. The standard InChI is InChI=1S/C14H21NO3/c1-12(18)15-14(10-16,11-17)9-5-8-13-6-3-2-4-7-13/h2-4,6-7,16-17H,5,8-11H2,1H3,(H,15,18). The molecule has 100 valence electrons. The van der Waals surface area contributed by atoms with E-state index in [-0.39, 0.29) is 19.1 Å². The smallest absolute Gasteiger partial charge is 0.217 e. The van der Waals surface area contributed by atoms with Crippen molar-refractivity contribution in [1.29, 1.82) is 0 Å². The number of nitrogens with one attached hydrogen (secondary N) is 1. The van der Waals surface area contributed by atoms with Gasteiger partial charge in [-0.1, -0.05) is 30.3 Å². The second-order valence-electron chi connectivity index (χ2n) is 4.62. The maximum absolute atomic E-state index is 11.1. The van der Waals surface area contributed by atoms with Crippen LogP contribution in [0.1, 0.15) is 25.3 Å². The molecule has 0 atom stereocenters. The number of aliphatic hydroxyl groups is 2. The van der Waals surface area contributed by atoms with E-state index < -0.39 is 5.54 Å². The Kier molecular flexibility index (Phi) is 5.82. The van der Waals surface area contributed by atoms with Crippen molar-refractivity contribution in [3.05, 3.63) is 35.9 Å². The molecular formula is C14H21NO3. The molecule has 0 radical (unpaired) electrons. The molecule has 4 nitrogen and oxygen atoms in total. The number of hydrogen-bond donors (Lipinski definition) is 3. The lowest BCUT2D eigenvalue weighted by Crippen LogP contribution is -2.53. The van der Waals surface area contributed by atoms with Gasteiger partial charge in [-0.15, -0.1) is 0 Å². The van der Waals surface area contributed by atoms with Gasteiger partial charge >= 0.3 is 0 Å². The van der Waals surface area contributed by atoms with E-state index in [0.717, 1.165) is 12.8 Å². The zero-order valence-electron chi connectivity index (χ0n) is 10.7. The maximum atomic E-state index is 11.1. The van der Waals surface area contributed by atoms with Gasteiger partial charge in [0.1, 0.15) is 0 Å². The highest BCUT2D eigenvalue weighted by molar-refractivity contribution is 5.73. The van der Waals surface area contributed by atoms with Gasteiger partial charge in [0.25, 0.3) is 0 Å². The monoisotopic (exact) mass is 251 g/mol. The number of carbonyl (C=O) groups is 1. The molecule has 0 aliphatic rings. The summed E-state index contributed by atoms with van der Waals surface area (Å²) >= 11 is 0. The Balaban J connectivity index is 2.50. The average molecular weight is 251 g/mol. The predicted octanol–water partition coefficient (Wildman–Crippen LogP) is 0.869. The quantitative estimate of drug-likeness (QED) is 0.673. The molecule has 0 bridgehead atoms. The number of hydrogen-bond acceptors (Lipinski definition) is 3. The molecule has 0 spiro atoms. The fourth-order valence-corrected chi connectivity index (χ4v) is 2.00. The first-order chi connectivity index (χ1) is 8.62. The Bertz CT molecular complexity index is 361. The zero-order valence-corrected chi connectivity index (χ0v) is 10.7. The molecule has 0 aliphatic heterocycles. The lowest BCUT2D eigenvalue weighted by molar-refractivity contribution is -0.122. The SMILES string of the molecule is CC(=O)NC(CO)(CO)CCCc1ccccc1. The van der Waals surface area contributed by atoms with E-state index >= 15 is 0 Å². The Morgan fingerprint density at radius 2 is 1.83 bits per heavy atom. The van der Waals surface area contributed by atoms with Gasteiger partial charge in [-0.25, -0.2) is 0 Å². The van der Waals surface area contributed by atoms with Gasteiger partial charge in [-0.3, -0.25) is 4.79 Å². The average Bonchev–Trinajstić information content (AvgIpc) is 2.38. The predicted molar refractivity (Wildman–Crippen MR) is 70.1 cm³/mol. The Morgan fingerprint density at radius 1 is 1.22 bits per heavy atom. The summed E-state index contributed by atoms with van der Waals surface area (Å²) in [6.45, 7) is 0.882. The Morgan fingerprint density at radius 3 is 2.33 bits per heavy atom. The van der Waals surface area contributed by atoms with Crippen molar-refractivity contribution in [2.75, 3.05) is 13.2 Å². The molecule has 0 aromatic heterocycles. The van der Waals surface area contributed by atoms with Gasteiger partial charge in [0.05, 0.1) is 18.8 Å². The molecule has 1 aromatic carbocycles. The van der Waals surface area contributed by atoms with Crippen molar-refractivity contribution < 1.29 is 15.0 Å². The van der Waals surface area contributed by atoms with Crippen molar-refractivity contribution in [2.24, 2.45) is 0 Å². The van der Waals surface area contributed by atoms with E-state index in [1.165, 1.54) is 12.5 Å². The number of aliphatic hydroxyl groups excluding tert-OH is 2. The molecule has 0 unspecified atom stereocenters. The van der Waals surface area contributed by atoms with Crippen molar-refractivity contribution in [3.8, 4) is 0 Å². The summed E-state index contributed by atoms with van der Waals surface area (Å²) in [6, 6.07) is 10.0. The van der Waals surface area contributed by atoms with Gasteiger partial charge in [-0.05, 0) is 24.8 Å². The number of amides is 1. The zero-order chi connectivity index (χ0) is 13.4. The highest BCUT2D eigenvalue weighted by atomic mass is 16.3. The van der Waals surface area contributed by atoms with Crippen LogP contribution in [0.25, 0.3) is 0 Å². The van der Waals surface area contributed by atoms with E-state index in [0.29, 0.717) is 6.42 Å². The van der Waals surface area contributed by atoms with Crippen molar-refractivity contribution in [3.63, 3.8) is 0 Å². The number of benzene rings is 1. The molecule has 0 saturated carbocycles. The third kappa shape index (κ3) is 4.47. The van der Waals surface area contributed by atoms with Crippen LogP contribution in [0.15, 0.2) is 30.3 Å². The molecular weight excluding hydrogens is 230 g/mol. The number of rotatable bonds is 7. The van der Waals surface area contributed by atoms with E-state index in [2.05, 4.69) is 5.32 Å². The van der Waals surface area contributed by atoms with Crippen LogP contribution in [0.4, 0.5) is 0 Å². The van der Waals surface area contributed by atoms with Gasteiger partial charge < -0.3 is 15.5 Å². The van der Waals surface area contributed by atoms with Gasteiger partial charge in [-0.2, -0.15) is 0 Å². The summed E-state index contributed by atoms with van der Waals surface area (Å²) in [4.78, 5) is 11.1. The molecule has 1 amide bonds. The second-order valence-corrected chi connectivity index (χ2v) is 4.62. The minimum absolute atomic E-state index is 0.238. The fourth-order valence-electron chi connectivity index (χ4n) is 2.00. The Hall–Kier alpha value is -1.39. The first kappa shape index (κ1) is 14.7. The molecule has 3 N–H and O–H groups in total. The van der Waals surface area contributed by atoms with Crippen molar-refractivity contribution in [2.45, 2.75) is 31.7 Å². The van der Waals surface area contributed by atoms with Crippen LogP contribution in [-0.2, 0) is 11.2 Å². The molecule has 4 heteroatoms. The van der Waals surface area contributed by atoms with Gasteiger partial charge in [0.2, 0.25) is 5.91 Å². The third-order valence-electron chi connectivity index (χ3n) is 3.01. The molecule has 0 saturated heterocycles. The van der Waals surface area contributed by atoms with Crippen LogP contribution in [0, 0.1) is 0 Å². The second kappa shape index (κ2) is 7.13. The molecule has 0 fully saturated rings. The number of carbonyl (C=O) groups excluding carboxylic acids is 1. The molecule has 0 heterocycles. The van der Waals surface area contributed by atoms with E-state index in [1.54, 1.807) is 0 Å². The highest BCUT2D eigenvalue weighted by Gasteiger charge is 2.28. The lowest BCUT2D eigenvalue weighted by Gasteiger charge is -2.30. The maximum Gasteiger partial charge on any atom is 0.217 e. The van der Waals surface area contributed by atoms with Crippen LogP contribution in [0.2, 0.25) is 0 Å². The molecule has 0 aliphatic carbocycles. The highest BCUT2D eigenvalue weighted by Crippen LogP contribution is 2.15. The first-order valence-corrected chi connectivity index (χ1v) is 6.16. The normalized spacial score (nSPS) is 11.3. The minimum atomic E-state index is -0.902. The summed E-state index contributed by atoms with van der Waals surface area (Å²) in [5.41, 5.74) is 0.311. The topological polar surface area (TPSA) is 69.6 Å². The van der Waals surface area contributed by atoms with Gasteiger partial charge in [0, 0.05) is 6.92 Å². The van der Waals surface area contributed by atoms with Crippen LogP contribution in [0.3, 0.4) is 0 Å².